The van der Waals surface area contributed by atoms with Gasteiger partial charge in [-0.25, -0.2) is 4.98 Å². The molecule has 0 atom stereocenters. The highest BCUT2D eigenvalue weighted by Crippen LogP contribution is 2.28. The van der Waals surface area contributed by atoms with Crippen LogP contribution in [-0.4, -0.2) is 11.3 Å². The molecule has 0 aliphatic rings. The quantitative estimate of drug-likeness (QED) is 0.848. The zero-order valence-corrected chi connectivity index (χ0v) is 9.26. The molecular weight excluding hydrogens is 291 g/mol. The number of halogens is 4. The number of hydrogen-bond acceptors (Lipinski definition) is 4. The van der Waals surface area contributed by atoms with Crippen LogP contribution in [0.25, 0.3) is 0 Å². The molecule has 0 saturated heterocycles. The van der Waals surface area contributed by atoms with Crippen LogP contribution in [0.5, 0.6) is 5.75 Å². The number of nitrogens with zero attached hydrogens (tertiary/aromatic N) is 2. The third-order valence-electron chi connectivity index (χ3n) is 1.55. The number of rotatable bonds is 2. The van der Waals surface area contributed by atoms with Crippen molar-refractivity contribution in [2.75, 3.05) is 0 Å². The summed E-state index contributed by atoms with van der Waals surface area (Å²) in [5, 5.41) is 8.62. The summed E-state index contributed by atoms with van der Waals surface area (Å²) in [5.41, 5.74) is 5.08. The summed E-state index contributed by atoms with van der Waals surface area (Å²) in [6.07, 6.45) is -4.84. The van der Waals surface area contributed by atoms with Crippen molar-refractivity contribution >= 4 is 15.9 Å². The van der Waals surface area contributed by atoms with Gasteiger partial charge >= 0.3 is 6.36 Å². The lowest BCUT2D eigenvalue weighted by molar-refractivity contribution is -0.275. The van der Waals surface area contributed by atoms with E-state index in [1.54, 1.807) is 6.07 Å². The zero-order valence-electron chi connectivity index (χ0n) is 7.68. The van der Waals surface area contributed by atoms with Gasteiger partial charge in [0.25, 0.3) is 0 Å². The van der Waals surface area contributed by atoms with Crippen LogP contribution in [0.4, 0.5) is 13.2 Å². The molecule has 0 saturated carbocycles. The van der Waals surface area contributed by atoms with Gasteiger partial charge in [-0.1, -0.05) is 0 Å². The molecule has 86 valence electrons. The zero-order chi connectivity index (χ0) is 12.3. The van der Waals surface area contributed by atoms with E-state index in [0.717, 1.165) is 6.07 Å². The van der Waals surface area contributed by atoms with E-state index >= 15 is 0 Å². The number of aromatic nitrogens is 1. The van der Waals surface area contributed by atoms with Crippen molar-refractivity contribution in [2.24, 2.45) is 5.73 Å². The van der Waals surface area contributed by atoms with E-state index in [9.17, 15) is 13.2 Å². The Morgan fingerprint density at radius 1 is 1.56 bits per heavy atom. The van der Waals surface area contributed by atoms with Gasteiger partial charge in [0.2, 0.25) is 0 Å². The molecule has 0 bridgehead atoms. The fraction of sp³-hybridized carbons (Fsp3) is 0.250. The van der Waals surface area contributed by atoms with E-state index in [2.05, 4.69) is 25.7 Å². The van der Waals surface area contributed by atoms with Gasteiger partial charge in [-0.05, 0) is 15.9 Å². The highest BCUT2D eigenvalue weighted by atomic mass is 79.9. The fourth-order valence-electron chi connectivity index (χ4n) is 0.945. The van der Waals surface area contributed by atoms with Crippen LogP contribution in [0.2, 0.25) is 0 Å². The van der Waals surface area contributed by atoms with Crippen LogP contribution in [0, 0.1) is 11.3 Å². The smallest absolute Gasteiger partial charge is 0.404 e. The summed E-state index contributed by atoms with van der Waals surface area (Å²) >= 11 is 2.94. The first-order valence-electron chi connectivity index (χ1n) is 3.92. The summed E-state index contributed by atoms with van der Waals surface area (Å²) in [5.74, 6) is -0.560. The standard InChI is InChI=1S/C8H5BrF3N3O/c9-7-4(2-13)1-6(5(3-14)15-7)16-8(10,11)12/h1H,3,14H2. The Kier molecular flexibility index (Phi) is 3.72. The second kappa shape index (κ2) is 4.67. The van der Waals surface area contributed by atoms with Crippen LogP contribution in [0.15, 0.2) is 10.7 Å². The maximum absolute atomic E-state index is 12.0. The molecule has 16 heavy (non-hydrogen) atoms. The largest absolute Gasteiger partial charge is 0.573 e. The van der Waals surface area contributed by atoms with Crippen molar-refractivity contribution in [2.45, 2.75) is 12.9 Å². The maximum Gasteiger partial charge on any atom is 0.573 e. The average molecular weight is 296 g/mol. The number of ether oxygens (including phenoxy) is 1. The minimum Gasteiger partial charge on any atom is -0.404 e. The number of nitriles is 1. The van der Waals surface area contributed by atoms with E-state index in [1.165, 1.54) is 0 Å². The SMILES string of the molecule is N#Cc1cc(OC(F)(F)F)c(CN)nc1Br. The molecule has 1 aromatic rings. The summed E-state index contributed by atoms with van der Waals surface area (Å²) < 4.78 is 39.9. The minimum atomic E-state index is -4.84. The Hall–Kier alpha value is -1.33. The van der Waals surface area contributed by atoms with Crippen LogP contribution >= 0.6 is 15.9 Å². The molecule has 0 aliphatic carbocycles. The second-order valence-corrected chi connectivity index (χ2v) is 3.39. The lowest BCUT2D eigenvalue weighted by Crippen LogP contribution is -2.19. The predicted molar refractivity (Wildman–Crippen MR) is 51.2 cm³/mol. The molecule has 0 unspecified atom stereocenters. The van der Waals surface area contributed by atoms with Crippen molar-refractivity contribution in [3.63, 3.8) is 0 Å². The first-order chi connectivity index (χ1) is 7.37. The third-order valence-corrected chi connectivity index (χ3v) is 2.16. The van der Waals surface area contributed by atoms with Crippen LogP contribution in [0.1, 0.15) is 11.3 Å². The van der Waals surface area contributed by atoms with Crippen molar-refractivity contribution < 1.29 is 17.9 Å². The van der Waals surface area contributed by atoms with E-state index in [4.69, 9.17) is 11.0 Å². The summed E-state index contributed by atoms with van der Waals surface area (Å²) in [6.45, 7) is -0.226. The second-order valence-electron chi connectivity index (χ2n) is 2.64. The molecule has 8 heteroatoms. The highest BCUT2D eigenvalue weighted by Gasteiger charge is 2.32. The van der Waals surface area contributed by atoms with E-state index in [-0.39, 0.29) is 22.4 Å². The van der Waals surface area contributed by atoms with E-state index < -0.39 is 12.1 Å². The maximum atomic E-state index is 12.0. The van der Waals surface area contributed by atoms with Gasteiger partial charge in [-0.3, -0.25) is 0 Å². The molecule has 1 aromatic heterocycles. The topological polar surface area (TPSA) is 71.9 Å². The van der Waals surface area contributed by atoms with E-state index in [1.807, 2.05) is 0 Å². The van der Waals surface area contributed by atoms with Crippen LogP contribution < -0.4 is 10.5 Å². The number of pyridine rings is 1. The predicted octanol–water partition coefficient (Wildman–Crippen LogP) is 2.07. The van der Waals surface area contributed by atoms with Gasteiger partial charge in [-0.15, -0.1) is 13.2 Å². The van der Waals surface area contributed by atoms with Gasteiger partial charge in [0.1, 0.15) is 10.7 Å². The first-order valence-corrected chi connectivity index (χ1v) is 4.72. The Morgan fingerprint density at radius 2 is 2.19 bits per heavy atom. The first kappa shape index (κ1) is 12.7. The Balaban J connectivity index is 3.21. The van der Waals surface area contributed by atoms with Crippen molar-refractivity contribution in [1.82, 2.24) is 4.98 Å². The molecule has 0 amide bonds. The molecule has 0 aromatic carbocycles. The molecule has 2 N–H and O–H groups in total. The van der Waals surface area contributed by atoms with E-state index in [0.29, 0.717) is 0 Å². The van der Waals surface area contributed by atoms with Crippen molar-refractivity contribution in [1.29, 1.82) is 5.26 Å². The molecule has 0 spiro atoms. The molecule has 1 heterocycles. The number of nitrogens with two attached hydrogens (primary N) is 1. The lowest BCUT2D eigenvalue weighted by atomic mass is 10.2. The normalized spacial score (nSPS) is 11.0. The number of alkyl halides is 3. The lowest BCUT2D eigenvalue weighted by Gasteiger charge is -2.12. The highest BCUT2D eigenvalue weighted by molar-refractivity contribution is 9.10. The summed E-state index contributed by atoms with van der Waals surface area (Å²) in [7, 11) is 0. The van der Waals surface area contributed by atoms with Crippen molar-refractivity contribution in [3.8, 4) is 11.8 Å². The van der Waals surface area contributed by atoms with Gasteiger partial charge in [0.05, 0.1) is 11.3 Å². The third kappa shape index (κ3) is 3.08. The summed E-state index contributed by atoms with van der Waals surface area (Å²) in [4.78, 5) is 3.69. The van der Waals surface area contributed by atoms with Gasteiger partial charge in [0, 0.05) is 12.6 Å². The van der Waals surface area contributed by atoms with Crippen LogP contribution in [-0.2, 0) is 6.54 Å². The molecule has 0 radical (unpaired) electrons. The summed E-state index contributed by atoms with van der Waals surface area (Å²) in [6, 6.07) is 2.61. The van der Waals surface area contributed by atoms with Gasteiger partial charge < -0.3 is 10.5 Å². The van der Waals surface area contributed by atoms with Crippen molar-refractivity contribution in [3.05, 3.63) is 21.9 Å². The monoisotopic (exact) mass is 295 g/mol. The van der Waals surface area contributed by atoms with Gasteiger partial charge in [0.15, 0.2) is 5.75 Å². The van der Waals surface area contributed by atoms with Gasteiger partial charge in [-0.2, -0.15) is 5.26 Å². The average Bonchev–Trinajstić information content (AvgIpc) is 2.18. The van der Waals surface area contributed by atoms with Crippen LogP contribution in [0.3, 0.4) is 0 Å². The molecule has 0 aliphatic heterocycles. The molecule has 4 nitrogen and oxygen atoms in total. The Morgan fingerprint density at radius 3 is 2.62 bits per heavy atom. The molecule has 1 rings (SSSR count). The Bertz CT molecular complexity index is 441. The minimum absolute atomic E-state index is 0.0588. The fourth-order valence-corrected chi connectivity index (χ4v) is 1.36. The molecular formula is C8H5BrF3N3O. The Labute approximate surface area is 97.0 Å². The molecule has 0 fully saturated rings. The number of hydrogen-bond donors (Lipinski definition) is 1.